The highest BCUT2D eigenvalue weighted by molar-refractivity contribution is 5.49. The maximum absolute atomic E-state index is 5.76. The van der Waals surface area contributed by atoms with Crippen LogP contribution in [0.5, 0.6) is 0 Å². The zero-order valence-corrected chi connectivity index (χ0v) is 13.7. The normalized spacial score (nSPS) is 19.3. The molecule has 1 atom stereocenters. The monoisotopic (exact) mass is 292 g/mol. The van der Waals surface area contributed by atoms with E-state index in [2.05, 4.69) is 42.9 Å². The standard InChI is InChI=1S/C16H28N4O/c1-5-13-11-20(7-8-21-13)15-10-18-16(12(3)4)19-14(15)9-17-6-2/h10,12-13,17H,5-9,11H2,1-4H3. The van der Waals surface area contributed by atoms with Gasteiger partial charge < -0.3 is 15.0 Å². The van der Waals surface area contributed by atoms with E-state index < -0.39 is 0 Å². The number of hydrogen-bond donors (Lipinski definition) is 1. The molecule has 2 heterocycles. The van der Waals surface area contributed by atoms with E-state index in [1.165, 1.54) is 0 Å². The van der Waals surface area contributed by atoms with Gasteiger partial charge >= 0.3 is 0 Å². The van der Waals surface area contributed by atoms with Gasteiger partial charge in [-0.1, -0.05) is 27.7 Å². The molecular weight excluding hydrogens is 264 g/mol. The molecule has 1 fully saturated rings. The second-order valence-corrected chi connectivity index (χ2v) is 5.84. The number of aromatic nitrogens is 2. The minimum atomic E-state index is 0.315. The number of nitrogens with one attached hydrogen (secondary N) is 1. The Morgan fingerprint density at radius 1 is 1.43 bits per heavy atom. The van der Waals surface area contributed by atoms with E-state index in [4.69, 9.17) is 9.72 Å². The van der Waals surface area contributed by atoms with Gasteiger partial charge in [-0.3, -0.25) is 0 Å². The highest BCUT2D eigenvalue weighted by atomic mass is 16.5. The summed E-state index contributed by atoms with van der Waals surface area (Å²) in [6.07, 6.45) is 3.35. The predicted octanol–water partition coefficient (Wildman–Crippen LogP) is 2.32. The fourth-order valence-corrected chi connectivity index (χ4v) is 2.53. The summed E-state index contributed by atoms with van der Waals surface area (Å²) in [5, 5.41) is 3.39. The average Bonchev–Trinajstić information content (AvgIpc) is 2.52. The van der Waals surface area contributed by atoms with Gasteiger partial charge in [0.05, 0.1) is 30.3 Å². The van der Waals surface area contributed by atoms with Crippen molar-refractivity contribution in [3.8, 4) is 0 Å². The smallest absolute Gasteiger partial charge is 0.131 e. The Morgan fingerprint density at radius 3 is 2.90 bits per heavy atom. The minimum absolute atomic E-state index is 0.315. The topological polar surface area (TPSA) is 50.3 Å². The fourth-order valence-electron chi connectivity index (χ4n) is 2.53. The molecule has 0 saturated carbocycles. The molecule has 5 heteroatoms. The van der Waals surface area contributed by atoms with Crippen LogP contribution < -0.4 is 10.2 Å². The molecule has 1 saturated heterocycles. The summed E-state index contributed by atoms with van der Waals surface area (Å²) in [4.78, 5) is 11.7. The van der Waals surface area contributed by atoms with Crippen LogP contribution in [-0.4, -0.2) is 42.3 Å². The van der Waals surface area contributed by atoms with Crippen LogP contribution in [0.2, 0.25) is 0 Å². The Morgan fingerprint density at radius 2 is 2.24 bits per heavy atom. The van der Waals surface area contributed by atoms with Crippen LogP contribution in [0.25, 0.3) is 0 Å². The Hall–Kier alpha value is -1.20. The summed E-state index contributed by atoms with van der Waals surface area (Å²) < 4.78 is 5.76. The van der Waals surface area contributed by atoms with Crippen molar-refractivity contribution in [1.82, 2.24) is 15.3 Å². The third-order valence-corrected chi connectivity index (χ3v) is 3.86. The van der Waals surface area contributed by atoms with Gasteiger partial charge in [0.1, 0.15) is 5.82 Å². The van der Waals surface area contributed by atoms with Crippen LogP contribution in [0.15, 0.2) is 6.20 Å². The van der Waals surface area contributed by atoms with Crippen molar-refractivity contribution in [2.75, 3.05) is 31.1 Å². The first-order valence-corrected chi connectivity index (χ1v) is 8.08. The molecule has 0 spiro atoms. The lowest BCUT2D eigenvalue weighted by Crippen LogP contribution is -2.43. The number of morpholine rings is 1. The Labute approximate surface area is 128 Å². The molecule has 1 N–H and O–H groups in total. The average molecular weight is 292 g/mol. The lowest BCUT2D eigenvalue weighted by atomic mass is 10.1. The van der Waals surface area contributed by atoms with Crippen molar-refractivity contribution in [2.45, 2.75) is 52.7 Å². The van der Waals surface area contributed by atoms with Gasteiger partial charge in [-0.25, -0.2) is 9.97 Å². The summed E-state index contributed by atoms with van der Waals surface area (Å²) in [6.45, 7) is 12.9. The molecule has 0 amide bonds. The SMILES string of the molecule is CCNCc1nc(C(C)C)ncc1N1CCOC(CC)C1. The molecule has 21 heavy (non-hydrogen) atoms. The van der Waals surface area contributed by atoms with Crippen molar-refractivity contribution in [3.05, 3.63) is 17.7 Å². The Balaban J connectivity index is 2.23. The molecule has 0 aliphatic carbocycles. The highest BCUT2D eigenvalue weighted by Gasteiger charge is 2.22. The van der Waals surface area contributed by atoms with Crippen LogP contribution in [0.1, 0.15) is 51.6 Å². The van der Waals surface area contributed by atoms with E-state index in [-0.39, 0.29) is 0 Å². The summed E-state index contributed by atoms with van der Waals surface area (Å²) in [7, 11) is 0. The maximum Gasteiger partial charge on any atom is 0.131 e. The lowest BCUT2D eigenvalue weighted by molar-refractivity contribution is 0.0383. The van der Waals surface area contributed by atoms with Gasteiger partial charge in [-0.2, -0.15) is 0 Å². The lowest BCUT2D eigenvalue weighted by Gasteiger charge is -2.35. The molecule has 1 aromatic heterocycles. The van der Waals surface area contributed by atoms with Crippen LogP contribution in [0, 0.1) is 0 Å². The third-order valence-electron chi connectivity index (χ3n) is 3.86. The Bertz CT molecular complexity index is 450. The molecule has 1 unspecified atom stereocenters. The summed E-state index contributed by atoms with van der Waals surface area (Å²) in [6, 6.07) is 0. The summed E-state index contributed by atoms with van der Waals surface area (Å²) >= 11 is 0. The van der Waals surface area contributed by atoms with Crippen molar-refractivity contribution >= 4 is 5.69 Å². The fraction of sp³-hybridized carbons (Fsp3) is 0.750. The Kier molecular flexibility index (Phi) is 5.94. The minimum Gasteiger partial charge on any atom is -0.375 e. The van der Waals surface area contributed by atoms with E-state index in [0.29, 0.717) is 12.0 Å². The maximum atomic E-state index is 5.76. The second kappa shape index (κ2) is 7.71. The van der Waals surface area contributed by atoms with Crippen molar-refractivity contribution in [1.29, 1.82) is 0 Å². The van der Waals surface area contributed by atoms with Crippen molar-refractivity contribution in [2.24, 2.45) is 0 Å². The molecule has 5 nitrogen and oxygen atoms in total. The van der Waals surface area contributed by atoms with Crippen LogP contribution in [-0.2, 0) is 11.3 Å². The van der Waals surface area contributed by atoms with Crippen LogP contribution in [0.4, 0.5) is 5.69 Å². The van der Waals surface area contributed by atoms with Gasteiger partial charge in [0, 0.05) is 25.6 Å². The van der Waals surface area contributed by atoms with E-state index in [1.807, 2.05) is 6.20 Å². The van der Waals surface area contributed by atoms with Crippen molar-refractivity contribution in [3.63, 3.8) is 0 Å². The first-order valence-electron chi connectivity index (χ1n) is 8.08. The second-order valence-electron chi connectivity index (χ2n) is 5.84. The molecule has 2 rings (SSSR count). The van der Waals surface area contributed by atoms with Gasteiger partial charge in [0.25, 0.3) is 0 Å². The largest absolute Gasteiger partial charge is 0.375 e. The number of rotatable bonds is 6. The number of nitrogens with zero attached hydrogens (tertiary/aromatic N) is 3. The molecule has 118 valence electrons. The first kappa shape index (κ1) is 16.2. The molecule has 0 bridgehead atoms. The van der Waals surface area contributed by atoms with Gasteiger partial charge in [0.2, 0.25) is 0 Å². The van der Waals surface area contributed by atoms with Crippen molar-refractivity contribution < 1.29 is 4.74 Å². The van der Waals surface area contributed by atoms with Gasteiger partial charge in [0.15, 0.2) is 0 Å². The predicted molar refractivity (Wildman–Crippen MR) is 85.7 cm³/mol. The highest BCUT2D eigenvalue weighted by Crippen LogP contribution is 2.23. The van der Waals surface area contributed by atoms with Gasteiger partial charge in [-0.15, -0.1) is 0 Å². The summed E-state index contributed by atoms with van der Waals surface area (Å²) in [5.41, 5.74) is 2.26. The quantitative estimate of drug-likeness (QED) is 0.872. The van der Waals surface area contributed by atoms with Crippen LogP contribution in [0.3, 0.4) is 0 Å². The van der Waals surface area contributed by atoms with E-state index in [9.17, 15) is 0 Å². The zero-order valence-electron chi connectivity index (χ0n) is 13.7. The molecule has 1 aromatic rings. The van der Waals surface area contributed by atoms with E-state index >= 15 is 0 Å². The van der Waals surface area contributed by atoms with Crippen LogP contribution >= 0.6 is 0 Å². The first-order chi connectivity index (χ1) is 10.2. The molecule has 1 aliphatic rings. The van der Waals surface area contributed by atoms with E-state index in [1.54, 1.807) is 0 Å². The van der Waals surface area contributed by atoms with E-state index in [0.717, 1.165) is 56.4 Å². The molecule has 0 radical (unpaired) electrons. The van der Waals surface area contributed by atoms with Gasteiger partial charge in [-0.05, 0) is 13.0 Å². The molecular formula is C16H28N4O. The third kappa shape index (κ3) is 4.14. The number of ether oxygens (including phenoxy) is 1. The number of anilines is 1. The zero-order chi connectivity index (χ0) is 15.2. The molecule has 1 aliphatic heterocycles. The number of hydrogen-bond acceptors (Lipinski definition) is 5. The summed E-state index contributed by atoms with van der Waals surface area (Å²) in [5.74, 6) is 1.28. The molecule has 0 aromatic carbocycles.